The second kappa shape index (κ2) is 6.25. The molecule has 19 heavy (non-hydrogen) atoms. The fourth-order valence-electron chi connectivity index (χ4n) is 3.09. The van der Waals surface area contributed by atoms with Crippen LogP contribution in [0.25, 0.3) is 0 Å². The minimum absolute atomic E-state index is 0.0985. The molecular formula is C16H24ClNO. The van der Waals surface area contributed by atoms with Crippen LogP contribution in [0.1, 0.15) is 51.1 Å². The molecule has 0 aliphatic heterocycles. The summed E-state index contributed by atoms with van der Waals surface area (Å²) in [5.41, 5.74) is 7.38. The molecule has 1 aliphatic carbocycles. The molecule has 0 spiro atoms. The van der Waals surface area contributed by atoms with Crippen LogP contribution in [-0.2, 0) is 4.74 Å². The average molecular weight is 282 g/mol. The average Bonchev–Trinajstić information content (AvgIpc) is 2.41. The highest BCUT2D eigenvalue weighted by molar-refractivity contribution is 6.30. The summed E-state index contributed by atoms with van der Waals surface area (Å²) in [6.07, 6.45) is 4.45. The Bertz CT molecular complexity index is 413. The number of benzene rings is 1. The molecule has 0 bridgehead atoms. The van der Waals surface area contributed by atoms with E-state index in [1.807, 2.05) is 25.1 Å². The summed E-state index contributed by atoms with van der Waals surface area (Å²) in [4.78, 5) is 0. The second-order valence-corrected chi connectivity index (χ2v) is 6.15. The lowest BCUT2D eigenvalue weighted by molar-refractivity contribution is -0.0896. The first-order valence-electron chi connectivity index (χ1n) is 7.22. The van der Waals surface area contributed by atoms with Crippen LogP contribution in [0.5, 0.6) is 0 Å². The lowest BCUT2D eigenvalue weighted by atomic mass is 9.73. The topological polar surface area (TPSA) is 35.2 Å². The van der Waals surface area contributed by atoms with Crippen molar-refractivity contribution >= 4 is 11.6 Å². The van der Waals surface area contributed by atoms with Crippen molar-refractivity contribution in [2.75, 3.05) is 6.61 Å². The first-order valence-corrected chi connectivity index (χ1v) is 7.60. The molecule has 1 aliphatic rings. The number of hydrogen-bond donors (Lipinski definition) is 1. The van der Waals surface area contributed by atoms with E-state index >= 15 is 0 Å². The molecule has 2 nitrogen and oxygen atoms in total. The van der Waals surface area contributed by atoms with Gasteiger partial charge in [0, 0.05) is 11.6 Å². The lowest BCUT2D eigenvalue weighted by Crippen LogP contribution is -2.46. The van der Waals surface area contributed by atoms with Crippen molar-refractivity contribution in [2.24, 2.45) is 11.7 Å². The van der Waals surface area contributed by atoms with E-state index in [0.29, 0.717) is 6.61 Å². The summed E-state index contributed by atoms with van der Waals surface area (Å²) in [6.45, 7) is 5.06. The molecular weight excluding hydrogens is 258 g/mol. The van der Waals surface area contributed by atoms with E-state index in [0.717, 1.165) is 29.3 Å². The predicted molar refractivity (Wildman–Crippen MR) is 80.4 cm³/mol. The largest absolute Gasteiger partial charge is 0.373 e. The molecule has 0 heterocycles. The van der Waals surface area contributed by atoms with E-state index in [2.05, 4.69) is 13.0 Å². The number of ether oxygens (including phenoxy) is 1. The maximum Gasteiger partial charge on any atom is 0.0874 e. The molecule has 0 amide bonds. The number of halogens is 1. The molecule has 0 radical (unpaired) electrons. The highest BCUT2D eigenvalue weighted by Gasteiger charge is 2.41. The van der Waals surface area contributed by atoms with Gasteiger partial charge in [-0.2, -0.15) is 0 Å². The molecule has 1 fully saturated rings. The predicted octanol–water partition coefficient (Wildman–Crippen LogP) is 4.33. The van der Waals surface area contributed by atoms with Gasteiger partial charge in [0.1, 0.15) is 0 Å². The van der Waals surface area contributed by atoms with Gasteiger partial charge in [-0.1, -0.05) is 30.7 Å². The molecule has 0 saturated heterocycles. The van der Waals surface area contributed by atoms with E-state index in [-0.39, 0.29) is 11.6 Å². The van der Waals surface area contributed by atoms with Gasteiger partial charge in [-0.25, -0.2) is 0 Å². The van der Waals surface area contributed by atoms with E-state index < -0.39 is 0 Å². The van der Waals surface area contributed by atoms with Gasteiger partial charge >= 0.3 is 0 Å². The molecule has 0 aromatic heterocycles. The number of nitrogens with two attached hydrogens (primary N) is 1. The van der Waals surface area contributed by atoms with E-state index in [4.69, 9.17) is 22.1 Å². The smallest absolute Gasteiger partial charge is 0.0874 e. The molecule has 1 saturated carbocycles. The molecule has 1 atom stereocenters. The zero-order chi connectivity index (χ0) is 13.9. The molecule has 1 aromatic carbocycles. The van der Waals surface area contributed by atoms with Gasteiger partial charge in [0.05, 0.1) is 11.6 Å². The number of rotatable bonds is 4. The Morgan fingerprint density at radius 3 is 2.68 bits per heavy atom. The summed E-state index contributed by atoms with van der Waals surface area (Å²) in [6, 6.07) is 7.76. The molecule has 3 heteroatoms. The van der Waals surface area contributed by atoms with Crippen LogP contribution < -0.4 is 5.73 Å². The normalized spacial score (nSPS) is 29.2. The van der Waals surface area contributed by atoms with Crippen molar-refractivity contribution in [3.05, 3.63) is 34.9 Å². The third-order valence-electron chi connectivity index (χ3n) is 4.33. The summed E-state index contributed by atoms with van der Waals surface area (Å²) in [7, 11) is 0. The first-order chi connectivity index (χ1) is 9.07. The SMILES string of the molecule is CCOC1(C(N)c2cccc(Cl)c2)CCC(C)CC1. The molecule has 2 N–H and O–H groups in total. The van der Waals surface area contributed by atoms with Gasteiger partial charge in [0.25, 0.3) is 0 Å². The highest BCUT2D eigenvalue weighted by Crippen LogP contribution is 2.42. The van der Waals surface area contributed by atoms with Gasteiger partial charge in [-0.15, -0.1) is 0 Å². The summed E-state index contributed by atoms with van der Waals surface area (Å²) < 4.78 is 6.11. The summed E-state index contributed by atoms with van der Waals surface area (Å²) in [5, 5.41) is 0.740. The molecule has 1 aromatic rings. The third kappa shape index (κ3) is 3.31. The minimum atomic E-state index is -0.216. The zero-order valence-electron chi connectivity index (χ0n) is 11.9. The van der Waals surface area contributed by atoms with Crippen molar-refractivity contribution in [1.82, 2.24) is 0 Å². The van der Waals surface area contributed by atoms with Crippen molar-refractivity contribution < 1.29 is 4.74 Å². The van der Waals surface area contributed by atoms with Crippen LogP contribution >= 0.6 is 11.6 Å². The van der Waals surface area contributed by atoms with Crippen LogP contribution in [0.4, 0.5) is 0 Å². The van der Waals surface area contributed by atoms with Gasteiger partial charge < -0.3 is 10.5 Å². The van der Waals surface area contributed by atoms with Gasteiger partial charge in [-0.05, 0) is 56.2 Å². The Hall–Kier alpha value is -0.570. The Morgan fingerprint density at radius 1 is 1.42 bits per heavy atom. The van der Waals surface area contributed by atoms with Gasteiger partial charge in [0.15, 0.2) is 0 Å². The maximum absolute atomic E-state index is 6.52. The van der Waals surface area contributed by atoms with E-state index in [1.165, 1.54) is 12.8 Å². The Morgan fingerprint density at radius 2 is 2.11 bits per heavy atom. The first kappa shape index (κ1) is 14.8. The van der Waals surface area contributed by atoms with Crippen LogP contribution in [0.15, 0.2) is 24.3 Å². The lowest BCUT2D eigenvalue weighted by Gasteiger charge is -2.43. The zero-order valence-corrected chi connectivity index (χ0v) is 12.6. The third-order valence-corrected chi connectivity index (χ3v) is 4.56. The molecule has 106 valence electrons. The monoisotopic (exact) mass is 281 g/mol. The van der Waals surface area contributed by atoms with Crippen LogP contribution in [-0.4, -0.2) is 12.2 Å². The Balaban J connectivity index is 2.23. The Labute approximate surface area is 121 Å². The molecule has 1 unspecified atom stereocenters. The number of hydrogen-bond acceptors (Lipinski definition) is 2. The van der Waals surface area contributed by atoms with Crippen LogP contribution in [0.3, 0.4) is 0 Å². The summed E-state index contributed by atoms with van der Waals surface area (Å²) in [5.74, 6) is 0.778. The van der Waals surface area contributed by atoms with Crippen LogP contribution in [0.2, 0.25) is 5.02 Å². The fourth-order valence-corrected chi connectivity index (χ4v) is 3.29. The van der Waals surface area contributed by atoms with Gasteiger partial charge in [-0.3, -0.25) is 0 Å². The van der Waals surface area contributed by atoms with E-state index in [1.54, 1.807) is 0 Å². The van der Waals surface area contributed by atoms with Crippen LogP contribution in [0, 0.1) is 5.92 Å². The van der Waals surface area contributed by atoms with Gasteiger partial charge in [0.2, 0.25) is 0 Å². The standard InChI is InChI=1S/C16H24ClNO/c1-3-19-16(9-7-12(2)8-10-16)15(18)13-5-4-6-14(17)11-13/h4-6,11-12,15H,3,7-10,18H2,1-2H3. The second-order valence-electron chi connectivity index (χ2n) is 5.71. The highest BCUT2D eigenvalue weighted by atomic mass is 35.5. The fraction of sp³-hybridized carbons (Fsp3) is 0.625. The Kier molecular flexibility index (Phi) is 4.88. The van der Waals surface area contributed by atoms with Crippen molar-refractivity contribution in [1.29, 1.82) is 0 Å². The van der Waals surface area contributed by atoms with Crippen molar-refractivity contribution in [3.63, 3.8) is 0 Å². The quantitative estimate of drug-likeness (QED) is 0.892. The maximum atomic E-state index is 6.52. The summed E-state index contributed by atoms with van der Waals surface area (Å²) >= 11 is 6.08. The van der Waals surface area contributed by atoms with E-state index in [9.17, 15) is 0 Å². The minimum Gasteiger partial charge on any atom is -0.373 e. The van der Waals surface area contributed by atoms with Crippen molar-refractivity contribution in [2.45, 2.75) is 51.2 Å². The molecule has 2 rings (SSSR count). The van der Waals surface area contributed by atoms with Crippen molar-refractivity contribution in [3.8, 4) is 0 Å².